The molecule has 2 atom stereocenters. The molecular formula is C19H20N2O5. The molecule has 0 aliphatic carbocycles. The number of piperidine rings is 1. The van der Waals surface area contributed by atoms with Crippen LogP contribution in [0.4, 0.5) is 0 Å². The summed E-state index contributed by atoms with van der Waals surface area (Å²) in [6.07, 6.45) is 0.385. The molecular weight excluding hydrogens is 336 g/mol. The van der Waals surface area contributed by atoms with Crippen molar-refractivity contribution in [3.8, 4) is 11.5 Å². The van der Waals surface area contributed by atoms with Crippen LogP contribution in [0.2, 0.25) is 0 Å². The van der Waals surface area contributed by atoms with Gasteiger partial charge in [0.05, 0.1) is 7.11 Å². The van der Waals surface area contributed by atoms with Crippen LogP contribution >= 0.6 is 0 Å². The summed E-state index contributed by atoms with van der Waals surface area (Å²) in [5.74, 6) is 0.830. The first-order valence-electron chi connectivity index (χ1n) is 8.36. The van der Waals surface area contributed by atoms with Gasteiger partial charge in [-0.25, -0.2) is 0 Å². The Morgan fingerprint density at radius 3 is 2.65 bits per heavy atom. The highest BCUT2D eigenvalue weighted by atomic mass is 16.6. The Morgan fingerprint density at radius 1 is 1.19 bits per heavy atom. The molecule has 1 saturated heterocycles. The van der Waals surface area contributed by atoms with Gasteiger partial charge in [-0.15, -0.1) is 0 Å². The minimum Gasteiger partial charge on any atom is -0.493 e. The lowest BCUT2D eigenvalue weighted by atomic mass is 9.92. The van der Waals surface area contributed by atoms with E-state index in [0.717, 1.165) is 5.56 Å². The Hall–Kier alpha value is -3.09. The van der Waals surface area contributed by atoms with Gasteiger partial charge in [-0.05, 0) is 23.3 Å². The van der Waals surface area contributed by atoms with Crippen molar-refractivity contribution < 1.29 is 19.2 Å². The largest absolute Gasteiger partial charge is 0.493 e. The maximum atomic E-state index is 11.7. The van der Waals surface area contributed by atoms with E-state index in [0.29, 0.717) is 23.7 Å². The van der Waals surface area contributed by atoms with E-state index >= 15 is 0 Å². The molecule has 0 radical (unpaired) electrons. The first kappa shape index (κ1) is 17.7. The topological polar surface area (TPSA) is 90.7 Å². The van der Waals surface area contributed by atoms with Crippen molar-refractivity contribution in [1.82, 2.24) is 5.32 Å². The normalized spacial score (nSPS) is 19.5. The van der Waals surface area contributed by atoms with Crippen LogP contribution in [0.5, 0.6) is 11.5 Å². The quantitative estimate of drug-likeness (QED) is 0.635. The third-order valence-corrected chi connectivity index (χ3v) is 4.42. The second kappa shape index (κ2) is 7.86. The lowest BCUT2D eigenvalue weighted by Gasteiger charge is -2.27. The van der Waals surface area contributed by atoms with Gasteiger partial charge in [-0.1, -0.05) is 36.4 Å². The molecule has 7 heteroatoms. The number of carbonyl (C=O) groups excluding carboxylic acids is 1. The Morgan fingerprint density at radius 2 is 1.96 bits per heavy atom. The van der Waals surface area contributed by atoms with Gasteiger partial charge < -0.3 is 14.8 Å². The predicted octanol–water partition coefficient (Wildman–Crippen LogP) is 2.87. The summed E-state index contributed by atoms with van der Waals surface area (Å²) in [5.41, 5.74) is 1.65. The van der Waals surface area contributed by atoms with Gasteiger partial charge in [-0.3, -0.25) is 14.9 Å². The maximum absolute atomic E-state index is 11.7. The van der Waals surface area contributed by atoms with E-state index in [9.17, 15) is 14.9 Å². The van der Waals surface area contributed by atoms with E-state index in [-0.39, 0.29) is 23.7 Å². The summed E-state index contributed by atoms with van der Waals surface area (Å²) in [5, 5.41) is 14.0. The molecule has 3 rings (SSSR count). The van der Waals surface area contributed by atoms with Crippen LogP contribution in [0.3, 0.4) is 0 Å². The summed E-state index contributed by atoms with van der Waals surface area (Å²) >= 11 is 0. The summed E-state index contributed by atoms with van der Waals surface area (Å²) in [7, 11) is 1.51. The predicted molar refractivity (Wildman–Crippen MR) is 94.7 cm³/mol. The van der Waals surface area contributed by atoms with Crippen molar-refractivity contribution in [3.63, 3.8) is 0 Å². The molecule has 136 valence electrons. The highest BCUT2D eigenvalue weighted by Crippen LogP contribution is 2.34. The molecule has 0 saturated carbocycles. The average Bonchev–Trinajstić information content (AvgIpc) is 2.66. The molecule has 1 aliphatic heterocycles. The molecule has 1 fully saturated rings. The summed E-state index contributed by atoms with van der Waals surface area (Å²) in [4.78, 5) is 22.7. The molecule has 1 N–H and O–H groups in total. The molecule has 0 unspecified atom stereocenters. The first-order chi connectivity index (χ1) is 12.6. The molecule has 0 bridgehead atoms. The fourth-order valence-corrected chi connectivity index (χ4v) is 3.05. The number of hydrogen-bond donors (Lipinski definition) is 1. The zero-order valence-corrected chi connectivity index (χ0v) is 14.4. The Bertz CT molecular complexity index is 794. The van der Waals surface area contributed by atoms with Gasteiger partial charge in [0, 0.05) is 17.8 Å². The molecule has 2 aromatic carbocycles. The van der Waals surface area contributed by atoms with Gasteiger partial charge in [-0.2, -0.15) is 0 Å². The number of methoxy groups -OCH3 is 1. The van der Waals surface area contributed by atoms with Crippen molar-refractivity contribution in [3.05, 3.63) is 69.8 Å². The number of benzene rings is 2. The second-order valence-electron chi connectivity index (χ2n) is 6.12. The minimum atomic E-state index is -0.853. The minimum absolute atomic E-state index is 0.164. The highest BCUT2D eigenvalue weighted by Gasteiger charge is 2.38. The van der Waals surface area contributed by atoms with Crippen LogP contribution < -0.4 is 14.8 Å². The third-order valence-electron chi connectivity index (χ3n) is 4.42. The Labute approximate surface area is 151 Å². The number of amides is 1. The van der Waals surface area contributed by atoms with E-state index in [4.69, 9.17) is 9.47 Å². The van der Waals surface area contributed by atoms with Crippen LogP contribution in [0, 0.1) is 10.1 Å². The van der Waals surface area contributed by atoms with Crippen molar-refractivity contribution in [2.45, 2.75) is 31.5 Å². The molecule has 0 aromatic heterocycles. The highest BCUT2D eigenvalue weighted by molar-refractivity contribution is 5.77. The third kappa shape index (κ3) is 3.93. The number of carbonyl (C=O) groups is 1. The number of nitrogens with zero attached hydrogens (tertiary/aromatic N) is 1. The zero-order chi connectivity index (χ0) is 18.5. The number of rotatable bonds is 6. The monoisotopic (exact) mass is 356 g/mol. The number of hydrogen-bond acceptors (Lipinski definition) is 5. The summed E-state index contributed by atoms with van der Waals surface area (Å²) in [6, 6.07) is 13.3. The van der Waals surface area contributed by atoms with Crippen molar-refractivity contribution >= 4 is 5.91 Å². The number of ether oxygens (including phenoxy) is 2. The van der Waals surface area contributed by atoms with Gasteiger partial charge in [0.25, 0.3) is 0 Å². The fraction of sp³-hybridized carbons (Fsp3) is 0.316. The van der Waals surface area contributed by atoms with Gasteiger partial charge >= 0.3 is 0 Å². The Balaban J connectivity index is 1.81. The molecule has 1 amide bonds. The summed E-state index contributed by atoms with van der Waals surface area (Å²) in [6.45, 7) is 0.383. The SMILES string of the molecule is COc1cc([C@@H]2NC(=O)CC[C@@H]2[N+](=O)[O-])ccc1OCc1ccccc1. The van der Waals surface area contributed by atoms with Crippen molar-refractivity contribution in [2.24, 2.45) is 0 Å². The maximum Gasteiger partial charge on any atom is 0.237 e. The van der Waals surface area contributed by atoms with Crippen LogP contribution in [0.15, 0.2) is 48.5 Å². The van der Waals surface area contributed by atoms with Gasteiger partial charge in [0.2, 0.25) is 11.9 Å². The van der Waals surface area contributed by atoms with Crippen LogP contribution in [-0.4, -0.2) is 24.0 Å². The van der Waals surface area contributed by atoms with Crippen molar-refractivity contribution in [1.29, 1.82) is 0 Å². The number of nitro groups is 1. The molecule has 1 aliphatic rings. The molecule has 2 aromatic rings. The van der Waals surface area contributed by atoms with E-state index < -0.39 is 12.1 Å². The van der Waals surface area contributed by atoms with Gasteiger partial charge in [0.15, 0.2) is 11.5 Å². The summed E-state index contributed by atoms with van der Waals surface area (Å²) < 4.78 is 11.2. The molecule has 7 nitrogen and oxygen atoms in total. The standard InChI is InChI=1S/C19H20N2O5/c1-25-17-11-14(19-15(21(23)24)8-10-18(22)20-19)7-9-16(17)26-12-13-5-3-2-4-6-13/h2-7,9,11,15,19H,8,10,12H2,1H3,(H,20,22)/t15-,19-/m0/s1. The van der Waals surface area contributed by atoms with Crippen LogP contribution in [0.25, 0.3) is 0 Å². The first-order valence-corrected chi connectivity index (χ1v) is 8.36. The fourth-order valence-electron chi connectivity index (χ4n) is 3.05. The van der Waals surface area contributed by atoms with Crippen molar-refractivity contribution in [2.75, 3.05) is 7.11 Å². The zero-order valence-electron chi connectivity index (χ0n) is 14.4. The van der Waals surface area contributed by atoms with Crippen LogP contribution in [0.1, 0.15) is 30.0 Å². The Kier molecular flexibility index (Phi) is 5.36. The average molecular weight is 356 g/mol. The van der Waals surface area contributed by atoms with E-state index in [1.165, 1.54) is 7.11 Å². The lowest BCUT2D eigenvalue weighted by molar-refractivity contribution is -0.529. The number of nitrogens with one attached hydrogen (secondary N) is 1. The molecule has 26 heavy (non-hydrogen) atoms. The van der Waals surface area contributed by atoms with Crippen LogP contribution in [-0.2, 0) is 11.4 Å². The van der Waals surface area contributed by atoms with E-state index in [2.05, 4.69) is 5.32 Å². The van der Waals surface area contributed by atoms with Gasteiger partial charge in [0.1, 0.15) is 12.6 Å². The van der Waals surface area contributed by atoms with E-state index in [1.807, 2.05) is 30.3 Å². The second-order valence-corrected chi connectivity index (χ2v) is 6.12. The lowest BCUT2D eigenvalue weighted by Crippen LogP contribution is -2.45. The van der Waals surface area contributed by atoms with E-state index in [1.54, 1.807) is 18.2 Å². The molecule has 0 spiro atoms. The molecule has 1 heterocycles. The smallest absolute Gasteiger partial charge is 0.237 e.